The van der Waals surface area contributed by atoms with Crippen LogP contribution >= 0.6 is 0 Å². The second-order valence-electron chi connectivity index (χ2n) is 2.84. The Morgan fingerprint density at radius 3 is 2.27 bits per heavy atom. The number of nitrogens with one attached hydrogen (secondary N) is 1. The quantitative estimate of drug-likeness (QED) is 0.719. The number of carbonyl (C=O) groups excluding carboxylic acids is 2. The standard InChI is InChI=1S/C9H8N2O4/c12-8-6-9(13)15-11(14-8)10-7-4-2-1-3-5-7/h1-5,10H,6H2. The molecule has 2 rings (SSSR count). The van der Waals surface area contributed by atoms with Gasteiger partial charge in [-0.15, -0.1) is 0 Å². The van der Waals surface area contributed by atoms with Crippen LogP contribution in [0.5, 0.6) is 0 Å². The van der Waals surface area contributed by atoms with E-state index in [1.165, 1.54) is 0 Å². The van der Waals surface area contributed by atoms with E-state index in [4.69, 9.17) is 0 Å². The molecule has 1 fully saturated rings. The van der Waals surface area contributed by atoms with Crippen LogP contribution in [0.25, 0.3) is 0 Å². The van der Waals surface area contributed by atoms with E-state index in [0.29, 0.717) is 11.0 Å². The largest absolute Gasteiger partial charge is 0.342 e. The number of rotatable bonds is 2. The summed E-state index contributed by atoms with van der Waals surface area (Å²) in [6.45, 7) is 0. The molecule has 1 aromatic rings. The molecule has 0 atom stereocenters. The lowest BCUT2D eigenvalue weighted by atomic mass is 10.3. The van der Waals surface area contributed by atoms with Crippen molar-refractivity contribution >= 4 is 17.6 Å². The maximum absolute atomic E-state index is 10.9. The van der Waals surface area contributed by atoms with Gasteiger partial charge in [-0.2, -0.15) is 0 Å². The molecule has 0 spiro atoms. The Morgan fingerprint density at radius 2 is 1.67 bits per heavy atom. The van der Waals surface area contributed by atoms with Crippen molar-refractivity contribution < 1.29 is 19.3 Å². The minimum atomic E-state index is -0.658. The summed E-state index contributed by atoms with van der Waals surface area (Å²) in [5.74, 6) is -1.32. The van der Waals surface area contributed by atoms with Gasteiger partial charge >= 0.3 is 11.9 Å². The fraction of sp³-hybridized carbons (Fsp3) is 0.111. The van der Waals surface area contributed by atoms with Crippen LogP contribution in [0.2, 0.25) is 0 Å². The number of hydrogen-bond donors (Lipinski definition) is 1. The molecule has 0 aliphatic carbocycles. The van der Waals surface area contributed by atoms with E-state index in [1.54, 1.807) is 24.3 Å². The van der Waals surface area contributed by atoms with Crippen molar-refractivity contribution in [1.82, 2.24) is 5.34 Å². The number of carbonyl (C=O) groups is 2. The molecule has 6 nitrogen and oxygen atoms in total. The second kappa shape index (κ2) is 3.97. The highest BCUT2D eigenvalue weighted by molar-refractivity contribution is 5.91. The molecule has 0 amide bonds. The molecule has 1 heterocycles. The summed E-state index contributed by atoms with van der Waals surface area (Å²) in [4.78, 5) is 30.9. The molecular formula is C9H8N2O4. The summed E-state index contributed by atoms with van der Waals surface area (Å²) < 4.78 is 0. The van der Waals surface area contributed by atoms with E-state index in [9.17, 15) is 9.59 Å². The molecule has 0 radical (unpaired) electrons. The third kappa shape index (κ3) is 2.44. The fourth-order valence-corrected chi connectivity index (χ4v) is 1.05. The SMILES string of the molecule is O=C1CC(=O)ON(Nc2ccccc2)O1. The number of nitrogens with zero attached hydrogens (tertiary/aromatic N) is 1. The summed E-state index contributed by atoms with van der Waals surface area (Å²) in [7, 11) is 0. The topological polar surface area (TPSA) is 67.9 Å². The van der Waals surface area contributed by atoms with Crippen molar-refractivity contribution in [1.29, 1.82) is 0 Å². The molecule has 1 saturated heterocycles. The Bertz CT molecular complexity index is 363. The molecule has 1 aromatic carbocycles. The molecule has 1 N–H and O–H groups in total. The van der Waals surface area contributed by atoms with Gasteiger partial charge in [0.2, 0.25) is 0 Å². The summed E-state index contributed by atoms with van der Waals surface area (Å²) in [6.07, 6.45) is -0.368. The summed E-state index contributed by atoms with van der Waals surface area (Å²) in [6, 6.07) is 8.87. The Hall–Kier alpha value is -2.08. The predicted octanol–water partition coefficient (Wildman–Crippen LogP) is 0.636. The molecule has 0 bridgehead atoms. The first kappa shape index (κ1) is 9.47. The van der Waals surface area contributed by atoms with Gasteiger partial charge < -0.3 is 9.68 Å². The zero-order valence-corrected chi connectivity index (χ0v) is 7.67. The van der Waals surface area contributed by atoms with Gasteiger partial charge in [0.25, 0.3) is 0 Å². The molecule has 78 valence electrons. The molecule has 15 heavy (non-hydrogen) atoms. The lowest BCUT2D eigenvalue weighted by Gasteiger charge is -2.23. The maximum Gasteiger partial charge on any atom is 0.342 e. The van der Waals surface area contributed by atoms with Crippen LogP contribution in [0.3, 0.4) is 0 Å². The zero-order valence-electron chi connectivity index (χ0n) is 7.67. The van der Waals surface area contributed by atoms with Gasteiger partial charge in [0.1, 0.15) is 11.8 Å². The second-order valence-corrected chi connectivity index (χ2v) is 2.84. The van der Waals surface area contributed by atoms with Crippen molar-refractivity contribution in [3.63, 3.8) is 0 Å². The van der Waals surface area contributed by atoms with E-state index >= 15 is 0 Å². The Labute approximate surface area is 85.3 Å². The van der Waals surface area contributed by atoms with Gasteiger partial charge in [0.05, 0.1) is 5.69 Å². The first-order valence-corrected chi connectivity index (χ1v) is 4.27. The van der Waals surface area contributed by atoms with Gasteiger partial charge in [-0.3, -0.25) is 5.43 Å². The molecular weight excluding hydrogens is 200 g/mol. The molecule has 0 aromatic heterocycles. The minimum absolute atomic E-state index is 0.368. The van der Waals surface area contributed by atoms with Crippen LogP contribution < -0.4 is 5.43 Å². The Kier molecular flexibility index (Phi) is 2.51. The van der Waals surface area contributed by atoms with E-state index in [1.807, 2.05) is 6.07 Å². The van der Waals surface area contributed by atoms with Crippen LogP contribution in [-0.2, 0) is 19.3 Å². The van der Waals surface area contributed by atoms with Crippen LogP contribution in [0.1, 0.15) is 6.42 Å². The van der Waals surface area contributed by atoms with Gasteiger partial charge in [0, 0.05) is 0 Å². The van der Waals surface area contributed by atoms with Gasteiger partial charge in [0.15, 0.2) is 0 Å². The average Bonchev–Trinajstić information content (AvgIpc) is 2.17. The molecule has 1 aliphatic rings. The van der Waals surface area contributed by atoms with Crippen molar-refractivity contribution in [3.8, 4) is 0 Å². The third-order valence-corrected chi connectivity index (χ3v) is 1.65. The van der Waals surface area contributed by atoms with Gasteiger partial charge in [-0.25, -0.2) is 9.59 Å². The highest BCUT2D eigenvalue weighted by Crippen LogP contribution is 2.11. The summed E-state index contributed by atoms with van der Waals surface area (Å²) in [5.41, 5.74) is 3.23. The maximum atomic E-state index is 10.9. The first-order valence-electron chi connectivity index (χ1n) is 4.27. The fourth-order valence-electron chi connectivity index (χ4n) is 1.05. The molecule has 0 unspecified atom stereocenters. The van der Waals surface area contributed by atoms with E-state index in [-0.39, 0.29) is 6.42 Å². The predicted molar refractivity (Wildman–Crippen MR) is 48.7 cm³/mol. The minimum Gasteiger partial charge on any atom is -0.314 e. The lowest BCUT2D eigenvalue weighted by Crippen LogP contribution is -2.40. The van der Waals surface area contributed by atoms with Crippen molar-refractivity contribution in [3.05, 3.63) is 30.3 Å². The van der Waals surface area contributed by atoms with Crippen LogP contribution in [0, 0.1) is 0 Å². The molecule has 1 aliphatic heterocycles. The Morgan fingerprint density at radius 1 is 1.07 bits per heavy atom. The van der Waals surface area contributed by atoms with Crippen LogP contribution in [0.15, 0.2) is 30.3 Å². The van der Waals surface area contributed by atoms with Crippen LogP contribution in [-0.4, -0.2) is 17.3 Å². The molecule has 0 saturated carbocycles. The van der Waals surface area contributed by atoms with Gasteiger partial charge in [-0.05, 0) is 12.1 Å². The van der Waals surface area contributed by atoms with E-state index in [0.717, 1.165) is 0 Å². The number of hydrogen-bond acceptors (Lipinski definition) is 6. The summed E-state index contributed by atoms with van der Waals surface area (Å²) in [5, 5.41) is 0.642. The highest BCUT2D eigenvalue weighted by atomic mass is 17.0. The smallest absolute Gasteiger partial charge is 0.314 e. The highest BCUT2D eigenvalue weighted by Gasteiger charge is 2.26. The van der Waals surface area contributed by atoms with E-state index in [2.05, 4.69) is 15.1 Å². The number of hydrazine groups is 1. The van der Waals surface area contributed by atoms with Gasteiger partial charge in [-0.1, -0.05) is 18.2 Å². The van der Waals surface area contributed by atoms with Crippen LogP contribution in [0.4, 0.5) is 5.69 Å². The third-order valence-electron chi connectivity index (χ3n) is 1.65. The molecule has 6 heteroatoms. The number of benzene rings is 1. The summed E-state index contributed by atoms with van der Waals surface area (Å²) >= 11 is 0. The average molecular weight is 208 g/mol. The first-order chi connectivity index (χ1) is 7.24. The van der Waals surface area contributed by atoms with Crippen molar-refractivity contribution in [2.45, 2.75) is 6.42 Å². The number of para-hydroxylation sites is 1. The lowest BCUT2D eigenvalue weighted by molar-refractivity contribution is -0.324. The monoisotopic (exact) mass is 208 g/mol. The zero-order chi connectivity index (χ0) is 10.7. The van der Waals surface area contributed by atoms with Crippen molar-refractivity contribution in [2.24, 2.45) is 0 Å². The normalized spacial score (nSPS) is 16.8. The Balaban J connectivity index is 2.00. The van der Waals surface area contributed by atoms with E-state index < -0.39 is 11.9 Å². The number of anilines is 1. The van der Waals surface area contributed by atoms with Crippen molar-refractivity contribution in [2.75, 3.05) is 5.43 Å².